The van der Waals surface area contributed by atoms with Crippen LogP contribution in [0.15, 0.2) is 0 Å². The molecule has 0 saturated heterocycles. The van der Waals surface area contributed by atoms with Crippen LogP contribution < -0.4 is 0 Å². The number of carbonyl (C=O) groups is 1. The summed E-state index contributed by atoms with van der Waals surface area (Å²) in [6, 6.07) is 0. The zero-order valence-electron chi connectivity index (χ0n) is 13.3. The van der Waals surface area contributed by atoms with E-state index in [2.05, 4.69) is 0 Å². The normalized spacial score (nSPS) is 47.6. The lowest BCUT2D eigenvalue weighted by atomic mass is 9.67. The quantitative estimate of drug-likeness (QED) is 0.441. The highest BCUT2D eigenvalue weighted by Gasteiger charge is 2.61. The van der Waals surface area contributed by atoms with Gasteiger partial charge in [-0.1, -0.05) is 0 Å². The lowest BCUT2D eigenvalue weighted by Crippen LogP contribution is -2.33. The summed E-state index contributed by atoms with van der Waals surface area (Å²) in [5.41, 5.74) is 0. The summed E-state index contributed by atoms with van der Waals surface area (Å²) < 4.78 is 10.7. The molecule has 0 amide bonds. The standard InChI is InChI=1S/C18H28O3/c1-10(19)21-11(2)20-6-5-12-7-15-9-16(12)18-14-4-3-13(8-14)17(15)18/h11-18H,3-9H2,1-2H3. The zero-order chi connectivity index (χ0) is 14.6. The average Bonchev–Trinajstić information content (AvgIpc) is 3.16. The molecule has 8 atom stereocenters. The molecule has 4 aliphatic rings. The molecule has 118 valence electrons. The Morgan fingerprint density at radius 2 is 1.86 bits per heavy atom. The van der Waals surface area contributed by atoms with Gasteiger partial charge in [-0.05, 0) is 86.9 Å². The molecule has 0 radical (unpaired) electrons. The van der Waals surface area contributed by atoms with Crippen molar-refractivity contribution >= 4 is 5.97 Å². The van der Waals surface area contributed by atoms with Crippen LogP contribution in [-0.2, 0) is 14.3 Å². The Morgan fingerprint density at radius 1 is 1.10 bits per heavy atom. The molecule has 0 aromatic carbocycles. The number of fused-ring (bicyclic) bond motifs is 9. The molecule has 3 heteroatoms. The number of carbonyl (C=O) groups excluding carboxylic acids is 1. The van der Waals surface area contributed by atoms with Gasteiger partial charge in [0.05, 0.1) is 6.61 Å². The van der Waals surface area contributed by atoms with Crippen molar-refractivity contribution in [3.8, 4) is 0 Å². The predicted molar refractivity (Wildman–Crippen MR) is 79.3 cm³/mol. The molecule has 21 heavy (non-hydrogen) atoms. The van der Waals surface area contributed by atoms with Crippen LogP contribution in [0.3, 0.4) is 0 Å². The van der Waals surface area contributed by atoms with Crippen molar-refractivity contribution < 1.29 is 14.3 Å². The largest absolute Gasteiger partial charge is 0.436 e. The third-order valence-corrected chi connectivity index (χ3v) is 7.04. The van der Waals surface area contributed by atoms with Gasteiger partial charge in [0.1, 0.15) is 0 Å². The van der Waals surface area contributed by atoms with Crippen LogP contribution in [-0.4, -0.2) is 18.9 Å². The van der Waals surface area contributed by atoms with E-state index >= 15 is 0 Å². The van der Waals surface area contributed by atoms with E-state index in [4.69, 9.17) is 9.47 Å². The van der Waals surface area contributed by atoms with E-state index in [-0.39, 0.29) is 5.97 Å². The van der Waals surface area contributed by atoms with Crippen LogP contribution in [0.25, 0.3) is 0 Å². The first kappa shape index (κ1) is 14.0. The minimum absolute atomic E-state index is 0.257. The van der Waals surface area contributed by atoms with Crippen molar-refractivity contribution in [2.45, 2.75) is 58.7 Å². The van der Waals surface area contributed by atoms with Gasteiger partial charge >= 0.3 is 5.97 Å². The lowest BCUT2D eigenvalue weighted by molar-refractivity contribution is -0.172. The number of esters is 1. The summed E-state index contributed by atoms with van der Waals surface area (Å²) in [6.07, 6.45) is 8.32. The first-order chi connectivity index (χ1) is 10.1. The second kappa shape index (κ2) is 5.26. The van der Waals surface area contributed by atoms with E-state index in [0.29, 0.717) is 0 Å². The fourth-order valence-corrected chi connectivity index (χ4v) is 6.69. The third-order valence-electron chi connectivity index (χ3n) is 7.04. The van der Waals surface area contributed by atoms with Crippen LogP contribution >= 0.6 is 0 Å². The topological polar surface area (TPSA) is 35.5 Å². The van der Waals surface area contributed by atoms with Crippen LogP contribution in [0.4, 0.5) is 0 Å². The Bertz CT molecular complexity index is 421. The highest BCUT2D eigenvalue weighted by molar-refractivity contribution is 5.65. The maximum Gasteiger partial charge on any atom is 0.304 e. The minimum Gasteiger partial charge on any atom is -0.436 e. The third kappa shape index (κ3) is 2.32. The molecule has 4 rings (SSSR count). The summed E-state index contributed by atoms with van der Waals surface area (Å²) in [5, 5.41) is 0. The molecular formula is C18H28O3. The first-order valence-electron chi connectivity index (χ1n) is 8.92. The van der Waals surface area contributed by atoms with E-state index in [9.17, 15) is 4.79 Å². The fourth-order valence-electron chi connectivity index (χ4n) is 6.69. The summed E-state index contributed by atoms with van der Waals surface area (Å²) in [5.74, 6) is 6.97. The predicted octanol–water partition coefficient (Wildman–Crippen LogP) is 3.62. The molecule has 4 bridgehead atoms. The number of ether oxygens (including phenoxy) is 2. The van der Waals surface area contributed by atoms with Gasteiger partial charge < -0.3 is 9.47 Å². The maximum atomic E-state index is 10.9. The average molecular weight is 292 g/mol. The van der Waals surface area contributed by atoms with Gasteiger partial charge in [-0.3, -0.25) is 4.79 Å². The Balaban J connectivity index is 1.28. The molecule has 4 fully saturated rings. The number of hydrogen-bond acceptors (Lipinski definition) is 3. The Kier molecular flexibility index (Phi) is 3.52. The summed E-state index contributed by atoms with van der Waals surface area (Å²) in [6.45, 7) is 3.99. The van der Waals surface area contributed by atoms with E-state index in [1.54, 1.807) is 6.42 Å². The Morgan fingerprint density at radius 3 is 2.62 bits per heavy atom. The van der Waals surface area contributed by atoms with Crippen molar-refractivity contribution in [3.63, 3.8) is 0 Å². The van der Waals surface area contributed by atoms with Crippen LogP contribution in [0.1, 0.15) is 52.4 Å². The fraction of sp³-hybridized carbons (Fsp3) is 0.944. The SMILES string of the molecule is CC(=O)OC(C)OCCC1CC2CC1C1C3CCC(C3)C21. The molecule has 3 nitrogen and oxygen atoms in total. The lowest BCUT2D eigenvalue weighted by Gasteiger charge is -2.38. The molecule has 4 aliphatic carbocycles. The van der Waals surface area contributed by atoms with Gasteiger partial charge in [0.25, 0.3) is 0 Å². The molecule has 4 saturated carbocycles. The van der Waals surface area contributed by atoms with Crippen LogP contribution in [0.5, 0.6) is 0 Å². The number of hydrogen-bond donors (Lipinski definition) is 0. The summed E-state index contributed by atoms with van der Waals surface area (Å²) >= 11 is 0. The smallest absolute Gasteiger partial charge is 0.304 e. The van der Waals surface area contributed by atoms with E-state index in [0.717, 1.165) is 54.5 Å². The van der Waals surface area contributed by atoms with Crippen LogP contribution in [0, 0.1) is 41.4 Å². The molecule has 0 aromatic heterocycles. The van der Waals surface area contributed by atoms with Crippen LogP contribution in [0.2, 0.25) is 0 Å². The van der Waals surface area contributed by atoms with Gasteiger partial charge in [0.2, 0.25) is 0 Å². The Labute approximate surface area is 127 Å². The molecule has 0 heterocycles. The van der Waals surface area contributed by atoms with Crippen molar-refractivity contribution in [1.29, 1.82) is 0 Å². The molecule has 0 N–H and O–H groups in total. The monoisotopic (exact) mass is 292 g/mol. The molecular weight excluding hydrogens is 264 g/mol. The van der Waals surface area contributed by atoms with Crippen molar-refractivity contribution in [3.05, 3.63) is 0 Å². The zero-order valence-corrected chi connectivity index (χ0v) is 13.3. The summed E-state index contributed by atoms with van der Waals surface area (Å²) in [7, 11) is 0. The summed E-state index contributed by atoms with van der Waals surface area (Å²) in [4.78, 5) is 10.9. The molecule has 0 aromatic rings. The first-order valence-corrected chi connectivity index (χ1v) is 8.92. The Hall–Kier alpha value is -0.570. The maximum absolute atomic E-state index is 10.9. The van der Waals surface area contributed by atoms with Crippen molar-refractivity contribution in [2.75, 3.05) is 6.61 Å². The second-order valence-electron chi connectivity index (χ2n) is 7.98. The van der Waals surface area contributed by atoms with Gasteiger partial charge in [-0.15, -0.1) is 0 Å². The van der Waals surface area contributed by atoms with E-state index < -0.39 is 6.29 Å². The van der Waals surface area contributed by atoms with Gasteiger partial charge in [-0.25, -0.2) is 0 Å². The highest BCUT2D eigenvalue weighted by atomic mass is 16.7. The van der Waals surface area contributed by atoms with Gasteiger partial charge in [0, 0.05) is 6.92 Å². The molecule has 8 unspecified atom stereocenters. The number of rotatable bonds is 5. The van der Waals surface area contributed by atoms with Crippen molar-refractivity contribution in [2.24, 2.45) is 41.4 Å². The van der Waals surface area contributed by atoms with Gasteiger partial charge in [-0.2, -0.15) is 0 Å². The van der Waals surface area contributed by atoms with E-state index in [1.807, 2.05) is 6.92 Å². The van der Waals surface area contributed by atoms with Gasteiger partial charge in [0.15, 0.2) is 6.29 Å². The molecule has 0 spiro atoms. The minimum atomic E-state index is -0.392. The van der Waals surface area contributed by atoms with Crippen molar-refractivity contribution in [1.82, 2.24) is 0 Å². The molecule has 0 aliphatic heterocycles. The van der Waals surface area contributed by atoms with E-state index in [1.165, 1.54) is 32.6 Å². The second-order valence-corrected chi connectivity index (χ2v) is 7.98. The highest BCUT2D eigenvalue weighted by Crippen LogP contribution is 2.69.